The Hall–Kier alpha value is -1.10. The number of likely N-dealkylation sites (N-methyl/N-ethyl adjacent to an activating group) is 1. The van der Waals surface area contributed by atoms with Gasteiger partial charge in [-0.05, 0) is 26.3 Å². The van der Waals surface area contributed by atoms with E-state index in [1.807, 2.05) is 13.8 Å². The number of amides is 2. The zero-order valence-corrected chi connectivity index (χ0v) is 11.0. The highest BCUT2D eigenvalue weighted by Gasteiger charge is 2.24. The molecule has 5 nitrogen and oxygen atoms in total. The minimum atomic E-state index is -0.0561. The predicted octanol–water partition coefficient (Wildman–Crippen LogP) is 0.112. The van der Waals surface area contributed by atoms with Crippen LogP contribution in [0.2, 0.25) is 0 Å². The molecule has 1 unspecified atom stereocenters. The molecule has 0 saturated heterocycles. The molecule has 2 N–H and O–H groups in total. The highest BCUT2D eigenvalue weighted by atomic mass is 16.2. The lowest BCUT2D eigenvalue weighted by atomic mass is 10.2. The lowest BCUT2D eigenvalue weighted by Crippen LogP contribution is -2.41. The van der Waals surface area contributed by atoms with E-state index in [-0.39, 0.29) is 24.4 Å². The maximum atomic E-state index is 11.8. The van der Waals surface area contributed by atoms with Crippen molar-refractivity contribution < 1.29 is 9.59 Å². The summed E-state index contributed by atoms with van der Waals surface area (Å²) in [6.07, 6.45) is 2.57. The topological polar surface area (TPSA) is 61.4 Å². The molecule has 0 aliphatic heterocycles. The Morgan fingerprint density at radius 1 is 1.41 bits per heavy atom. The van der Waals surface area contributed by atoms with Crippen LogP contribution in [0.5, 0.6) is 0 Å². The maximum absolute atomic E-state index is 11.8. The number of carbonyl (C=O) groups excluding carboxylic acids is 2. The second kappa shape index (κ2) is 6.59. The Bertz CT molecular complexity index is 277. The van der Waals surface area contributed by atoms with Gasteiger partial charge in [0.1, 0.15) is 0 Å². The maximum Gasteiger partial charge on any atom is 0.239 e. The first-order valence-electron chi connectivity index (χ1n) is 6.29. The van der Waals surface area contributed by atoms with Crippen molar-refractivity contribution in [3.8, 4) is 0 Å². The number of carbonyl (C=O) groups is 2. The SMILES string of the molecule is CCNC(C)CC(=O)N(C)CC(=O)NC1CC1. The van der Waals surface area contributed by atoms with Crippen molar-refractivity contribution in [2.24, 2.45) is 0 Å². The van der Waals surface area contributed by atoms with Gasteiger partial charge in [0.2, 0.25) is 11.8 Å². The minimum absolute atomic E-state index is 0.00407. The van der Waals surface area contributed by atoms with Crippen LogP contribution in [0.25, 0.3) is 0 Å². The number of rotatable bonds is 7. The van der Waals surface area contributed by atoms with Crippen molar-refractivity contribution in [2.45, 2.75) is 45.2 Å². The fourth-order valence-electron chi connectivity index (χ4n) is 1.64. The van der Waals surface area contributed by atoms with Gasteiger partial charge in [0.15, 0.2) is 0 Å². The summed E-state index contributed by atoms with van der Waals surface area (Å²) in [5.41, 5.74) is 0. The molecular formula is C12H23N3O2. The van der Waals surface area contributed by atoms with Crippen molar-refractivity contribution in [1.29, 1.82) is 0 Å². The third-order valence-electron chi connectivity index (χ3n) is 2.78. The summed E-state index contributed by atoms with van der Waals surface area (Å²) in [4.78, 5) is 24.8. The number of nitrogens with one attached hydrogen (secondary N) is 2. The molecule has 98 valence electrons. The molecule has 0 aromatic heterocycles. The van der Waals surface area contributed by atoms with E-state index in [1.165, 1.54) is 4.90 Å². The molecule has 1 fully saturated rings. The molecule has 1 atom stereocenters. The second-order valence-corrected chi connectivity index (χ2v) is 4.75. The largest absolute Gasteiger partial charge is 0.352 e. The van der Waals surface area contributed by atoms with Crippen molar-refractivity contribution in [2.75, 3.05) is 20.1 Å². The average Bonchev–Trinajstić information content (AvgIpc) is 3.01. The van der Waals surface area contributed by atoms with E-state index in [9.17, 15) is 9.59 Å². The van der Waals surface area contributed by atoms with E-state index in [2.05, 4.69) is 10.6 Å². The fourth-order valence-corrected chi connectivity index (χ4v) is 1.64. The van der Waals surface area contributed by atoms with E-state index in [0.717, 1.165) is 19.4 Å². The molecule has 1 rings (SSSR count). The Labute approximate surface area is 103 Å². The van der Waals surface area contributed by atoms with Crippen LogP contribution in [0, 0.1) is 0 Å². The molecule has 5 heteroatoms. The summed E-state index contributed by atoms with van der Waals surface area (Å²) in [6.45, 7) is 4.99. The first kappa shape index (κ1) is 14.0. The highest BCUT2D eigenvalue weighted by Crippen LogP contribution is 2.18. The van der Waals surface area contributed by atoms with E-state index in [1.54, 1.807) is 7.05 Å². The highest BCUT2D eigenvalue weighted by molar-refractivity contribution is 5.85. The third-order valence-corrected chi connectivity index (χ3v) is 2.78. The second-order valence-electron chi connectivity index (χ2n) is 4.75. The van der Waals surface area contributed by atoms with Crippen LogP contribution in [-0.4, -0.2) is 48.9 Å². The van der Waals surface area contributed by atoms with E-state index < -0.39 is 0 Å². The molecule has 1 saturated carbocycles. The Balaban J connectivity index is 2.22. The van der Waals surface area contributed by atoms with Crippen LogP contribution >= 0.6 is 0 Å². The van der Waals surface area contributed by atoms with Gasteiger partial charge in [0.25, 0.3) is 0 Å². The van der Waals surface area contributed by atoms with Gasteiger partial charge in [-0.2, -0.15) is 0 Å². The normalized spacial score (nSPS) is 16.4. The predicted molar refractivity (Wildman–Crippen MR) is 66.6 cm³/mol. The molecule has 0 heterocycles. The summed E-state index contributed by atoms with van der Waals surface area (Å²) >= 11 is 0. The van der Waals surface area contributed by atoms with Gasteiger partial charge in [0, 0.05) is 25.6 Å². The number of hydrogen-bond acceptors (Lipinski definition) is 3. The van der Waals surface area contributed by atoms with Crippen LogP contribution in [0.4, 0.5) is 0 Å². The summed E-state index contributed by atoms with van der Waals surface area (Å²) in [7, 11) is 1.67. The molecule has 0 aromatic carbocycles. The van der Waals surface area contributed by atoms with Crippen molar-refractivity contribution >= 4 is 11.8 Å². The van der Waals surface area contributed by atoms with Gasteiger partial charge in [0.05, 0.1) is 6.54 Å². The molecule has 17 heavy (non-hydrogen) atoms. The summed E-state index contributed by atoms with van der Waals surface area (Å²) < 4.78 is 0. The van der Waals surface area contributed by atoms with Gasteiger partial charge in [-0.15, -0.1) is 0 Å². The van der Waals surface area contributed by atoms with Gasteiger partial charge in [-0.25, -0.2) is 0 Å². The lowest BCUT2D eigenvalue weighted by molar-refractivity contribution is -0.135. The Morgan fingerprint density at radius 2 is 2.06 bits per heavy atom. The van der Waals surface area contributed by atoms with Crippen LogP contribution < -0.4 is 10.6 Å². The van der Waals surface area contributed by atoms with E-state index >= 15 is 0 Å². The molecule has 1 aliphatic carbocycles. The Morgan fingerprint density at radius 3 is 2.59 bits per heavy atom. The summed E-state index contributed by atoms with van der Waals surface area (Å²) in [5.74, 6) is -0.0520. The van der Waals surface area contributed by atoms with Gasteiger partial charge in [-0.1, -0.05) is 6.92 Å². The monoisotopic (exact) mass is 241 g/mol. The Kier molecular flexibility index (Phi) is 5.41. The standard InChI is InChI=1S/C12H23N3O2/c1-4-13-9(2)7-12(17)15(3)8-11(16)14-10-5-6-10/h9-10,13H,4-8H2,1-3H3,(H,14,16). The molecule has 0 bridgehead atoms. The minimum Gasteiger partial charge on any atom is -0.352 e. The first-order valence-corrected chi connectivity index (χ1v) is 6.29. The molecular weight excluding hydrogens is 218 g/mol. The van der Waals surface area contributed by atoms with Gasteiger partial charge in [-0.3, -0.25) is 9.59 Å². The molecule has 2 amide bonds. The smallest absolute Gasteiger partial charge is 0.239 e. The van der Waals surface area contributed by atoms with Crippen LogP contribution in [0.3, 0.4) is 0 Å². The zero-order chi connectivity index (χ0) is 12.8. The zero-order valence-electron chi connectivity index (χ0n) is 11.0. The molecule has 0 aromatic rings. The van der Waals surface area contributed by atoms with Gasteiger partial charge < -0.3 is 15.5 Å². The summed E-state index contributed by atoms with van der Waals surface area (Å²) in [5, 5.41) is 6.05. The fraction of sp³-hybridized carbons (Fsp3) is 0.833. The summed E-state index contributed by atoms with van der Waals surface area (Å²) in [6, 6.07) is 0.508. The van der Waals surface area contributed by atoms with Crippen molar-refractivity contribution in [3.63, 3.8) is 0 Å². The average molecular weight is 241 g/mol. The van der Waals surface area contributed by atoms with Crippen molar-refractivity contribution in [1.82, 2.24) is 15.5 Å². The molecule has 0 spiro atoms. The van der Waals surface area contributed by atoms with Crippen LogP contribution in [-0.2, 0) is 9.59 Å². The molecule has 0 radical (unpaired) electrons. The van der Waals surface area contributed by atoms with E-state index in [4.69, 9.17) is 0 Å². The number of hydrogen-bond donors (Lipinski definition) is 2. The first-order chi connectivity index (χ1) is 8.02. The van der Waals surface area contributed by atoms with Crippen LogP contribution in [0.15, 0.2) is 0 Å². The number of nitrogens with zero attached hydrogens (tertiary/aromatic N) is 1. The van der Waals surface area contributed by atoms with Crippen LogP contribution in [0.1, 0.15) is 33.1 Å². The van der Waals surface area contributed by atoms with E-state index in [0.29, 0.717) is 12.5 Å². The van der Waals surface area contributed by atoms with Gasteiger partial charge >= 0.3 is 0 Å². The quantitative estimate of drug-likeness (QED) is 0.665. The molecule has 1 aliphatic rings. The lowest BCUT2D eigenvalue weighted by Gasteiger charge is -2.19. The van der Waals surface area contributed by atoms with Crippen molar-refractivity contribution in [3.05, 3.63) is 0 Å². The third kappa shape index (κ3) is 5.68.